The van der Waals surface area contributed by atoms with Gasteiger partial charge in [0.25, 0.3) is 0 Å². The predicted molar refractivity (Wildman–Crippen MR) is 72.7 cm³/mol. The van der Waals surface area contributed by atoms with E-state index in [2.05, 4.69) is 17.4 Å². The number of nitrogens with one attached hydrogen (secondary N) is 1. The molecule has 3 heteroatoms. The van der Waals surface area contributed by atoms with Gasteiger partial charge >= 0.3 is 0 Å². The maximum absolute atomic E-state index is 5.43. The van der Waals surface area contributed by atoms with Crippen molar-refractivity contribution in [2.45, 2.75) is 31.6 Å². The molecule has 0 bridgehead atoms. The highest BCUT2D eigenvalue weighted by molar-refractivity contribution is 5.63. The third-order valence-corrected chi connectivity index (χ3v) is 4.42. The molecule has 0 amide bonds. The summed E-state index contributed by atoms with van der Waals surface area (Å²) in [5.41, 5.74) is 2.65. The van der Waals surface area contributed by atoms with E-state index >= 15 is 0 Å². The summed E-state index contributed by atoms with van der Waals surface area (Å²) in [4.78, 5) is 0. The fourth-order valence-electron chi connectivity index (χ4n) is 3.46. The molecule has 1 fully saturated rings. The minimum absolute atomic E-state index is 0.704. The normalized spacial score (nSPS) is 25.7. The molecular formula is C15H21NO2. The van der Waals surface area contributed by atoms with E-state index in [0.29, 0.717) is 5.92 Å². The molecule has 3 rings (SSSR count). The first-order chi connectivity index (χ1) is 8.83. The third-order valence-electron chi connectivity index (χ3n) is 4.42. The zero-order valence-electron chi connectivity index (χ0n) is 11.2. The second-order valence-corrected chi connectivity index (χ2v) is 5.33. The van der Waals surface area contributed by atoms with Crippen LogP contribution in [0.5, 0.6) is 11.5 Å². The van der Waals surface area contributed by atoms with E-state index in [4.69, 9.17) is 9.47 Å². The summed E-state index contributed by atoms with van der Waals surface area (Å²) >= 11 is 0. The van der Waals surface area contributed by atoms with Crippen LogP contribution in [0.15, 0.2) is 12.1 Å². The first-order valence-corrected chi connectivity index (χ1v) is 6.83. The molecule has 1 N–H and O–H groups in total. The number of anilines is 1. The first-order valence-electron chi connectivity index (χ1n) is 6.83. The van der Waals surface area contributed by atoms with Crippen molar-refractivity contribution in [3.63, 3.8) is 0 Å². The topological polar surface area (TPSA) is 30.5 Å². The molecule has 3 nitrogen and oxygen atoms in total. The van der Waals surface area contributed by atoms with Gasteiger partial charge in [-0.1, -0.05) is 12.8 Å². The van der Waals surface area contributed by atoms with Crippen LogP contribution in [0.4, 0.5) is 5.69 Å². The van der Waals surface area contributed by atoms with Crippen molar-refractivity contribution >= 4 is 5.69 Å². The summed E-state index contributed by atoms with van der Waals surface area (Å²) < 4.78 is 10.8. The van der Waals surface area contributed by atoms with Gasteiger partial charge in [-0.25, -0.2) is 0 Å². The van der Waals surface area contributed by atoms with Gasteiger partial charge < -0.3 is 14.8 Å². The van der Waals surface area contributed by atoms with Crippen molar-refractivity contribution in [2.75, 3.05) is 26.1 Å². The zero-order valence-corrected chi connectivity index (χ0v) is 11.2. The number of rotatable bonds is 2. The summed E-state index contributed by atoms with van der Waals surface area (Å²) in [7, 11) is 3.40. The predicted octanol–water partition coefficient (Wildman–Crippen LogP) is 3.40. The standard InChI is InChI=1S/C15H21NO2/c1-17-14-7-12-11-6-4-3-5-10(11)9-16-13(12)8-15(14)18-2/h7-8,10-11,16H,3-6,9H2,1-2H3. The molecule has 1 aliphatic heterocycles. The van der Waals surface area contributed by atoms with Gasteiger partial charge in [0.1, 0.15) is 0 Å². The lowest BCUT2D eigenvalue weighted by molar-refractivity contribution is 0.309. The molecular weight excluding hydrogens is 226 g/mol. The summed E-state index contributed by atoms with van der Waals surface area (Å²) in [5.74, 6) is 3.17. The van der Waals surface area contributed by atoms with Gasteiger partial charge in [-0.2, -0.15) is 0 Å². The van der Waals surface area contributed by atoms with Crippen LogP contribution in [0.2, 0.25) is 0 Å². The summed E-state index contributed by atoms with van der Waals surface area (Å²) in [6, 6.07) is 4.25. The third kappa shape index (κ3) is 1.82. The van der Waals surface area contributed by atoms with Crippen LogP contribution in [-0.2, 0) is 0 Å². The lowest BCUT2D eigenvalue weighted by atomic mass is 9.73. The largest absolute Gasteiger partial charge is 0.493 e. The second kappa shape index (κ2) is 4.71. The maximum atomic E-state index is 5.43. The van der Waals surface area contributed by atoms with E-state index < -0.39 is 0 Å². The highest BCUT2D eigenvalue weighted by Crippen LogP contribution is 2.47. The number of methoxy groups -OCH3 is 2. The summed E-state index contributed by atoms with van der Waals surface area (Å²) in [5, 5.41) is 3.55. The van der Waals surface area contributed by atoms with Crippen LogP contribution >= 0.6 is 0 Å². The van der Waals surface area contributed by atoms with E-state index in [-0.39, 0.29) is 0 Å². The van der Waals surface area contributed by atoms with Gasteiger partial charge in [-0.05, 0) is 36.3 Å². The Kier molecular flexibility index (Phi) is 3.06. The van der Waals surface area contributed by atoms with Crippen molar-refractivity contribution in [3.8, 4) is 11.5 Å². The van der Waals surface area contributed by atoms with E-state index in [1.807, 2.05) is 0 Å². The van der Waals surface area contributed by atoms with Crippen LogP contribution in [0.1, 0.15) is 37.2 Å². The molecule has 1 aromatic carbocycles. The Bertz CT molecular complexity index is 444. The van der Waals surface area contributed by atoms with Crippen LogP contribution < -0.4 is 14.8 Å². The lowest BCUT2D eigenvalue weighted by Gasteiger charge is -2.38. The number of benzene rings is 1. The van der Waals surface area contributed by atoms with Crippen LogP contribution in [0.25, 0.3) is 0 Å². The lowest BCUT2D eigenvalue weighted by Crippen LogP contribution is -2.30. The molecule has 2 unspecified atom stereocenters. The molecule has 0 saturated heterocycles. The highest BCUT2D eigenvalue weighted by Gasteiger charge is 2.32. The molecule has 2 aliphatic rings. The van der Waals surface area contributed by atoms with Gasteiger partial charge in [0.15, 0.2) is 11.5 Å². The van der Waals surface area contributed by atoms with E-state index in [1.165, 1.54) is 36.9 Å². The molecule has 1 aliphatic carbocycles. The molecule has 0 radical (unpaired) electrons. The van der Waals surface area contributed by atoms with E-state index in [9.17, 15) is 0 Å². The minimum atomic E-state index is 0.704. The zero-order chi connectivity index (χ0) is 12.5. The number of ether oxygens (including phenoxy) is 2. The molecule has 2 atom stereocenters. The Morgan fingerprint density at radius 3 is 2.56 bits per heavy atom. The van der Waals surface area contributed by atoms with Crippen LogP contribution in [0.3, 0.4) is 0 Å². The second-order valence-electron chi connectivity index (χ2n) is 5.33. The van der Waals surface area contributed by atoms with Gasteiger partial charge in [0, 0.05) is 18.3 Å². The van der Waals surface area contributed by atoms with Crippen LogP contribution in [0, 0.1) is 5.92 Å². The SMILES string of the molecule is COc1cc2c(cc1OC)C1CCCCC1CN2. The summed E-state index contributed by atoms with van der Waals surface area (Å²) in [6.45, 7) is 1.10. The van der Waals surface area contributed by atoms with Gasteiger partial charge in [0.05, 0.1) is 14.2 Å². The monoisotopic (exact) mass is 247 g/mol. The van der Waals surface area contributed by atoms with Crippen molar-refractivity contribution in [1.82, 2.24) is 0 Å². The van der Waals surface area contributed by atoms with E-state index in [1.54, 1.807) is 14.2 Å². The molecule has 0 aromatic heterocycles. The smallest absolute Gasteiger partial charge is 0.162 e. The van der Waals surface area contributed by atoms with Crippen molar-refractivity contribution in [1.29, 1.82) is 0 Å². The Morgan fingerprint density at radius 2 is 1.78 bits per heavy atom. The van der Waals surface area contributed by atoms with Crippen molar-refractivity contribution < 1.29 is 9.47 Å². The molecule has 98 valence electrons. The minimum Gasteiger partial charge on any atom is -0.493 e. The Hall–Kier alpha value is -1.38. The number of fused-ring (bicyclic) bond motifs is 3. The van der Waals surface area contributed by atoms with E-state index in [0.717, 1.165) is 24.0 Å². The van der Waals surface area contributed by atoms with Gasteiger partial charge in [0.2, 0.25) is 0 Å². The van der Waals surface area contributed by atoms with Gasteiger partial charge in [-0.3, -0.25) is 0 Å². The molecule has 1 aromatic rings. The quantitative estimate of drug-likeness (QED) is 0.868. The highest BCUT2D eigenvalue weighted by atomic mass is 16.5. The average Bonchev–Trinajstić information content (AvgIpc) is 2.45. The van der Waals surface area contributed by atoms with Crippen LogP contribution in [-0.4, -0.2) is 20.8 Å². The fraction of sp³-hybridized carbons (Fsp3) is 0.600. The van der Waals surface area contributed by atoms with Crippen molar-refractivity contribution in [3.05, 3.63) is 17.7 Å². The number of hydrogen-bond donors (Lipinski definition) is 1. The molecule has 18 heavy (non-hydrogen) atoms. The van der Waals surface area contributed by atoms with Crippen molar-refractivity contribution in [2.24, 2.45) is 5.92 Å². The average molecular weight is 247 g/mol. The molecule has 1 saturated carbocycles. The fourth-order valence-corrected chi connectivity index (χ4v) is 3.46. The Labute approximate surface area is 108 Å². The molecule has 1 heterocycles. The Morgan fingerprint density at radius 1 is 1.06 bits per heavy atom. The maximum Gasteiger partial charge on any atom is 0.162 e. The van der Waals surface area contributed by atoms with Gasteiger partial charge in [-0.15, -0.1) is 0 Å². The first kappa shape index (κ1) is 11.7. The molecule has 0 spiro atoms. The number of hydrogen-bond acceptors (Lipinski definition) is 3. The summed E-state index contributed by atoms with van der Waals surface area (Å²) in [6.07, 6.45) is 5.40. The Balaban J connectivity index is 2.02.